The number of nitrogens with zero attached hydrogens (tertiary/aromatic N) is 1. The minimum absolute atomic E-state index is 0.656. The number of para-hydroxylation sites is 1. The standard InChI is InChI=1S/C18H30N2/c1-14(13-20(3)4)10-16-12-18(11-15(16)2)19-17-8-6-5-7-9-17/h5-9,14-16,18-19H,10-13H2,1-4H3. The Morgan fingerprint density at radius 2 is 1.90 bits per heavy atom. The fourth-order valence-corrected chi connectivity index (χ4v) is 3.77. The SMILES string of the molecule is CC(CC1CC(Nc2ccccc2)CC1C)CN(C)C. The largest absolute Gasteiger partial charge is 0.382 e. The summed E-state index contributed by atoms with van der Waals surface area (Å²) in [5.41, 5.74) is 1.27. The van der Waals surface area contributed by atoms with Crippen molar-refractivity contribution in [3.05, 3.63) is 30.3 Å². The van der Waals surface area contributed by atoms with E-state index in [4.69, 9.17) is 0 Å². The van der Waals surface area contributed by atoms with E-state index >= 15 is 0 Å². The van der Waals surface area contributed by atoms with Gasteiger partial charge in [-0.2, -0.15) is 0 Å². The fraction of sp³-hybridized carbons (Fsp3) is 0.667. The Balaban J connectivity index is 1.82. The van der Waals surface area contributed by atoms with Crippen LogP contribution < -0.4 is 5.32 Å². The summed E-state index contributed by atoms with van der Waals surface area (Å²) in [6.07, 6.45) is 4.01. The van der Waals surface area contributed by atoms with Gasteiger partial charge in [0.2, 0.25) is 0 Å². The molecule has 1 N–H and O–H groups in total. The van der Waals surface area contributed by atoms with E-state index in [2.05, 4.69) is 68.5 Å². The van der Waals surface area contributed by atoms with Gasteiger partial charge in [-0.25, -0.2) is 0 Å². The first-order chi connectivity index (χ1) is 9.54. The molecular formula is C18H30N2. The third-order valence-electron chi connectivity index (χ3n) is 4.57. The first kappa shape index (κ1) is 15.4. The second kappa shape index (κ2) is 7.12. The molecule has 0 aromatic heterocycles. The zero-order chi connectivity index (χ0) is 14.5. The average Bonchev–Trinajstić information content (AvgIpc) is 2.69. The summed E-state index contributed by atoms with van der Waals surface area (Å²) < 4.78 is 0. The number of rotatable bonds is 6. The van der Waals surface area contributed by atoms with Gasteiger partial charge in [-0.05, 0) is 63.2 Å². The van der Waals surface area contributed by atoms with Crippen LogP contribution in [0.2, 0.25) is 0 Å². The van der Waals surface area contributed by atoms with Crippen LogP contribution in [0.3, 0.4) is 0 Å². The molecule has 0 bridgehead atoms. The van der Waals surface area contributed by atoms with Crippen molar-refractivity contribution in [3.8, 4) is 0 Å². The molecule has 0 heterocycles. The Morgan fingerprint density at radius 1 is 1.20 bits per heavy atom. The van der Waals surface area contributed by atoms with Gasteiger partial charge >= 0.3 is 0 Å². The van der Waals surface area contributed by atoms with Crippen LogP contribution in [-0.4, -0.2) is 31.6 Å². The minimum atomic E-state index is 0.656. The van der Waals surface area contributed by atoms with Crippen LogP contribution in [0.5, 0.6) is 0 Å². The van der Waals surface area contributed by atoms with Gasteiger partial charge in [-0.15, -0.1) is 0 Å². The lowest BCUT2D eigenvalue weighted by Gasteiger charge is -2.22. The maximum Gasteiger partial charge on any atom is 0.0342 e. The molecular weight excluding hydrogens is 244 g/mol. The molecule has 0 amide bonds. The normalized spacial score (nSPS) is 27.8. The van der Waals surface area contributed by atoms with Crippen molar-refractivity contribution in [2.75, 3.05) is 26.0 Å². The van der Waals surface area contributed by atoms with Gasteiger partial charge in [0, 0.05) is 18.3 Å². The molecule has 0 aliphatic heterocycles. The number of hydrogen-bond donors (Lipinski definition) is 1. The quantitative estimate of drug-likeness (QED) is 0.840. The van der Waals surface area contributed by atoms with E-state index in [0.29, 0.717) is 6.04 Å². The topological polar surface area (TPSA) is 15.3 Å². The third-order valence-corrected chi connectivity index (χ3v) is 4.57. The Hall–Kier alpha value is -1.02. The summed E-state index contributed by atoms with van der Waals surface area (Å²) >= 11 is 0. The van der Waals surface area contributed by atoms with Gasteiger partial charge in [0.15, 0.2) is 0 Å². The Kier molecular flexibility index (Phi) is 5.47. The van der Waals surface area contributed by atoms with E-state index in [1.807, 2.05) is 0 Å². The van der Waals surface area contributed by atoms with Crippen molar-refractivity contribution in [2.45, 2.75) is 39.2 Å². The molecule has 0 spiro atoms. The highest BCUT2D eigenvalue weighted by atomic mass is 15.1. The average molecular weight is 274 g/mol. The molecule has 1 aliphatic carbocycles. The number of benzene rings is 1. The summed E-state index contributed by atoms with van der Waals surface area (Å²) in [7, 11) is 4.35. The molecule has 4 atom stereocenters. The lowest BCUT2D eigenvalue weighted by molar-refractivity contribution is 0.269. The summed E-state index contributed by atoms with van der Waals surface area (Å²) in [6, 6.07) is 11.3. The second-order valence-corrected chi connectivity index (χ2v) is 7.02. The van der Waals surface area contributed by atoms with Gasteiger partial charge in [-0.3, -0.25) is 0 Å². The van der Waals surface area contributed by atoms with Crippen LogP contribution in [0.15, 0.2) is 30.3 Å². The maximum atomic E-state index is 3.70. The van der Waals surface area contributed by atoms with Crippen LogP contribution in [0.25, 0.3) is 0 Å². The molecule has 2 rings (SSSR count). The predicted molar refractivity (Wildman–Crippen MR) is 88.1 cm³/mol. The second-order valence-electron chi connectivity index (χ2n) is 7.02. The van der Waals surface area contributed by atoms with Crippen LogP contribution in [0.1, 0.15) is 33.1 Å². The molecule has 2 nitrogen and oxygen atoms in total. The lowest BCUT2D eigenvalue weighted by Crippen LogP contribution is -2.22. The van der Waals surface area contributed by atoms with Gasteiger partial charge in [0.1, 0.15) is 0 Å². The highest BCUT2D eigenvalue weighted by Gasteiger charge is 2.32. The third kappa shape index (κ3) is 4.52. The number of hydrogen-bond acceptors (Lipinski definition) is 2. The minimum Gasteiger partial charge on any atom is -0.382 e. The highest BCUT2D eigenvalue weighted by Crippen LogP contribution is 2.37. The van der Waals surface area contributed by atoms with Crippen molar-refractivity contribution < 1.29 is 0 Å². The fourth-order valence-electron chi connectivity index (χ4n) is 3.77. The molecule has 1 aromatic rings. The van der Waals surface area contributed by atoms with E-state index in [1.54, 1.807) is 0 Å². The van der Waals surface area contributed by atoms with Crippen molar-refractivity contribution >= 4 is 5.69 Å². The lowest BCUT2D eigenvalue weighted by atomic mass is 9.88. The maximum absolute atomic E-state index is 3.70. The summed E-state index contributed by atoms with van der Waals surface area (Å²) in [5.74, 6) is 2.53. The molecule has 20 heavy (non-hydrogen) atoms. The molecule has 0 saturated heterocycles. The van der Waals surface area contributed by atoms with Gasteiger partial charge < -0.3 is 10.2 Å². The molecule has 2 heteroatoms. The Bertz CT molecular complexity index is 388. The molecule has 0 radical (unpaired) electrons. The van der Waals surface area contributed by atoms with Crippen molar-refractivity contribution in [1.29, 1.82) is 0 Å². The molecule has 4 unspecified atom stereocenters. The molecule has 1 saturated carbocycles. The molecule has 1 aromatic carbocycles. The summed E-state index contributed by atoms with van der Waals surface area (Å²) in [5, 5.41) is 3.70. The van der Waals surface area contributed by atoms with Crippen molar-refractivity contribution in [2.24, 2.45) is 17.8 Å². The Morgan fingerprint density at radius 3 is 2.55 bits per heavy atom. The molecule has 112 valence electrons. The van der Waals surface area contributed by atoms with E-state index < -0.39 is 0 Å². The van der Waals surface area contributed by atoms with Crippen LogP contribution >= 0.6 is 0 Å². The first-order valence-electron chi connectivity index (χ1n) is 8.01. The van der Waals surface area contributed by atoms with Crippen molar-refractivity contribution in [3.63, 3.8) is 0 Å². The Labute approximate surface area is 124 Å². The predicted octanol–water partition coefficient (Wildman–Crippen LogP) is 4.10. The number of anilines is 1. The van der Waals surface area contributed by atoms with E-state index in [0.717, 1.165) is 17.8 Å². The van der Waals surface area contributed by atoms with Crippen LogP contribution in [-0.2, 0) is 0 Å². The van der Waals surface area contributed by atoms with E-state index in [9.17, 15) is 0 Å². The van der Waals surface area contributed by atoms with Gasteiger partial charge in [0.25, 0.3) is 0 Å². The van der Waals surface area contributed by atoms with E-state index in [1.165, 1.54) is 31.5 Å². The van der Waals surface area contributed by atoms with Gasteiger partial charge in [-0.1, -0.05) is 32.0 Å². The van der Waals surface area contributed by atoms with Crippen molar-refractivity contribution in [1.82, 2.24) is 4.90 Å². The number of nitrogens with one attached hydrogen (secondary N) is 1. The zero-order valence-electron chi connectivity index (χ0n) is 13.5. The monoisotopic (exact) mass is 274 g/mol. The zero-order valence-corrected chi connectivity index (χ0v) is 13.5. The smallest absolute Gasteiger partial charge is 0.0342 e. The summed E-state index contributed by atoms with van der Waals surface area (Å²) in [6.45, 7) is 6.03. The van der Waals surface area contributed by atoms with Crippen LogP contribution in [0, 0.1) is 17.8 Å². The molecule has 1 aliphatic rings. The summed E-state index contributed by atoms with van der Waals surface area (Å²) in [4.78, 5) is 2.31. The van der Waals surface area contributed by atoms with Gasteiger partial charge in [0.05, 0.1) is 0 Å². The van der Waals surface area contributed by atoms with Crippen LogP contribution in [0.4, 0.5) is 5.69 Å². The highest BCUT2D eigenvalue weighted by molar-refractivity contribution is 5.43. The first-order valence-corrected chi connectivity index (χ1v) is 8.01. The van der Waals surface area contributed by atoms with E-state index in [-0.39, 0.29) is 0 Å². The molecule has 1 fully saturated rings.